The van der Waals surface area contributed by atoms with Crippen molar-refractivity contribution in [1.29, 1.82) is 0 Å². The molecule has 3 heteroatoms. The van der Waals surface area contributed by atoms with Gasteiger partial charge in [-0.2, -0.15) is 0 Å². The van der Waals surface area contributed by atoms with Gasteiger partial charge in [0.15, 0.2) is 8.32 Å². The minimum absolute atomic E-state index is 0.291. The minimum atomic E-state index is -1.70. The molecule has 0 amide bonds. The Hall–Kier alpha value is -0.153. The van der Waals surface area contributed by atoms with Crippen LogP contribution in [0.2, 0.25) is 18.1 Å². The Morgan fingerprint density at radius 1 is 1.17 bits per heavy atom. The van der Waals surface area contributed by atoms with E-state index in [-0.39, 0.29) is 0 Å². The fourth-order valence-electron chi connectivity index (χ4n) is 5.05. The molecule has 2 nitrogen and oxygen atoms in total. The van der Waals surface area contributed by atoms with Crippen LogP contribution in [0.3, 0.4) is 0 Å². The molecule has 0 N–H and O–H groups in total. The molecular formula is C21H40O2Si. The molecule has 2 aliphatic carbocycles. The van der Waals surface area contributed by atoms with E-state index >= 15 is 0 Å². The quantitative estimate of drug-likeness (QED) is 0.316. The van der Waals surface area contributed by atoms with Crippen molar-refractivity contribution in [3.8, 4) is 0 Å². The van der Waals surface area contributed by atoms with E-state index in [1.54, 1.807) is 0 Å². The second-order valence-electron chi connectivity index (χ2n) is 10.1. The molecular weight excluding hydrogens is 312 g/mol. The second-order valence-corrected chi connectivity index (χ2v) is 14.9. The highest BCUT2D eigenvalue weighted by Gasteiger charge is 2.51. The molecule has 2 aliphatic rings. The molecule has 24 heavy (non-hydrogen) atoms. The summed E-state index contributed by atoms with van der Waals surface area (Å²) in [4.78, 5) is 10.7. The lowest BCUT2D eigenvalue weighted by Crippen LogP contribution is -2.53. The number of aldehydes is 1. The summed E-state index contributed by atoms with van der Waals surface area (Å²) in [5, 5.41) is 0.291. The van der Waals surface area contributed by atoms with E-state index in [9.17, 15) is 4.79 Å². The van der Waals surface area contributed by atoms with Crippen molar-refractivity contribution < 1.29 is 9.22 Å². The molecule has 0 aliphatic heterocycles. The van der Waals surface area contributed by atoms with Crippen molar-refractivity contribution in [2.75, 3.05) is 0 Å². The van der Waals surface area contributed by atoms with Crippen LogP contribution in [0.25, 0.3) is 0 Å². The minimum Gasteiger partial charge on any atom is -0.414 e. The Morgan fingerprint density at radius 2 is 1.88 bits per heavy atom. The lowest BCUT2D eigenvalue weighted by atomic mass is 9.54. The van der Waals surface area contributed by atoms with Crippen LogP contribution in [0.1, 0.15) is 85.5 Å². The number of unbranched alkanes of at least 4 members (excludes halogenated alkanes) is 1. The standard InChI is InChI=1S/C21H40O2Si/c1-20(2,3)24(5,6)23-19-14-10-15-21(4)17(11-7-8-16-22)12-9-13-18(19)21/h16-19H,7-15H2,1-6H3. The molecule has 0 aromatic heterocycles. The molecule has 0 radical (unpaired) electrons. The molecule has 0 bridgehead atoms. The SMILES string of the molecule is CC12CCCC(O[Si](C)(C)C(C)(C)C)C1CCCC2CCCC=O. The molecule has 4 atom stereocenters. The van der Waals surface area contributed by atoms with E-state index in [2.05, 4.69) is 40.8 Å². The lowest BCUT2D eigenvalue weighted by molar-refractivity contribution is -0.108. The average molecular weight is 353 g/mol. The van der Waals surface area contributed by atoms with Gasteiger partial charge in [0.05, 0.1) is 0 Å². The van der Waals surface area contributed by atoms with Gasteiger partial charge in [-0.05, 0) is 73.9 Å². The summed E-state index contributed by atoms with van der Waals surface area (Å²) in [5.74, 6) is 1.53. The van der Waals surface area contributed by atoms with Gasteiger partial charge in [0, 0.05) is 12.5 Å². The maximum atomic E-state index is 10.7. The molecule has 4 unspecified atom stereocenters. The summed E-state index contributed by atoms with van der Waals surface area (Å²) in [6.45, 7) is 14.4. The van der Waals surface area contributed by atoms with E-state index in [1.807, 2.05) is 0 Å². The molecule has 0 saturated heterocycles. The normalized spacial score (nSPS) is 34.7. The highest BCUT2D eigenvalue weighted by Crippen LogP contribution is 2.56. The molecule has 140 valence electrons. The molecule has 0 aromatic rings. The predicted molar refractivity (Wildman–Crippen MR) is 105 cm³/mol. The maximum Gasteiger partial charge on any atom is 0.192 e. The Kier molecular flexibility index (Phi) is 6.40. The van der Waals surface area contributed by atoms with Crippen LogP contribution in [0.5, 0.6) is 0 Å². The molecule has 2 fully saturated rings. The van der Waals surface area contributed by atoms with Crippen molar-refractivity contribution in [3.63, 3.8) is 0 Å². The number of hydrogen-bond acceptors (Lipinski definition) is 2. The summed E-state index contributed by atoms with van der Waals surface area (Å²) >= 11 is 0. The zero-order valence-electron chi connectivity index (χ0n) is 17.0. The Bertz CT molecular complexity index is 426. The van der Waals surface area contributed by atoms with Gasteiger partial charge in [-0.15, -0.1) is 0 Å². The van der Waals surface area contributed by atoms with Crippen LogP contribution >= 0.6 is 0 Å². The van der Waals surface area contributed by atoms with Crippen molar-refractivity contribution in [1.82, 2.24) is 0 Å². The van der Waals surface area contributed by atoms with Crippen LogP contribution in [0.4, 0.5) is 0 Å². The van der Waals surface area contributed by atoms with Gasteiger partial charge in [-0.1, -0.05) is 40.5 Å². The van der Waals surface area contributed by atoms with Crippen LogP contribution < -0.4 is 0 Å². The van der Waals surface area contributed by atoms with Gasteiger partial charge in [-0.3, -0.25) is 0 Å². The fraction of sp³-hybridized carbons (Fsp3) is 0.952. The van der Waals surface area contributed by atoms with Crippen molar-refractivity contribution in [2.45, 2.75) is 110 Å². The first-order valence-corrected chi connectivity index (χ1v) is 13.1. The summed E-state index contributed by atoms with van der Waals surface area (Å²) in [5.41, 5.74) is 0.437. The third-order valence-electron chi connectivity index (χ3n) is 7.63. The number of fused-ring (bicyclic) bond motifs is 1. The van der Waals surface area contributed by atoms with Crippen LogP contribution in [-0.4, -0.2) is 20.7 Å². The Morgan fingerprint density at radius 3 is 2.50 bits per heavy atom. The van der Waals surface area contributed by atoms with Crippen LogP contribution in [0.15, 0.2) is 0 Å². The van der Waals surface area contributed by atoms with Crippen LogP contribution in [-0.2, 0) is 9.22 Å². The first kappa shape index (κ1) is 20.2. The van der Waals surface area contributed by atoms with Gasteiger partial charge in [0.25, 0.3) is 0 Å². The molecule has 0 spiro atoms. The Labute approximate surface area is 151 Å². The van der Waals surface area contributed by atoms with E-state index in [0.29, 0.717) is 16.6 Å². The largest absolute Gasteiger partial charge is 0.414 e. The summed E-state index contributed by atoms with van der Waals surface area (Å²) in [7, 11) is -1.70. The monoisotopic (exact) mass is 352 g/mol. The van der Waals surface area contributed by atoms with Crippen molar-refractivity contribution >= 4 is 14.6 Å². The molecule has 0 heterocycles. The highest BCUT2D eigenvalue weighted by molar-refractivity contribution is 6.74. The number of carbonyl (C=O) groups excluding carboxylic acids is 1. The average Bonchev–Trinajstić information content (AvgIpc) is 2.47. The first-order valence-electron chi connectivity index (χ1n) is 10.2. The van der Waals surface area contributed by atoms with Gasteiger partial charge in [-0.25, -0.2) is 0 Å². The smallest absolute Gasteiger partial charge is 0.192 e. The van der Waals surface area contributed by atoms with E-state index in [4.69, 9.17) is 4.43 Å². The van der Waals surface area contributed by atoms with Gasteiger partial charge < -0.3 is 9.22 Å². The fourth-order valence-corrected chi connectivity index (χ4v) is 6.44. The molecule has 2 rings (SSSR count). The van der Waals surface area contributed by atoms with E-state index < -0.39 is 8.32 Å². The van der Waals surface area contributed by atoms with E-state index in [1.165, 1.54) is 44.9 Å². The van der Waals surface area contributed by atoms with Gasteiger partial charge in [0.1, 0.15) is 6.29 Å². The lowest BCUT2D eigenvalue weighted by Gasteiger charge is -2.55. The maximum absolute atomic E-state index is 10.7. The predicted octanol–water partition coefficient (Wildman–Crippen LogP) is 6.35. The number of rotatable bonds is 6. The summed E-state index contributed by atoms with van der Waals surface area (Å²) in [6, 6.07) is 0. The van der Waals surface area contributed by atoms with E-state index in [0.717, 1.165) is 31.0 Å². The summed E-state index contributed by atoms with van der Waals surface area (Å²) < 4.78 is 6.93. The third-order valence-corrected chi connectivity index (χ3v) is 12.1. The molecule has 2 saturated carbocycles. The topological polar surface area (TPSA) is 26.3 Å². The zero-order valence-corrected chi connectivity index (χ0v) is 18.0. The molecule has 0 aromatic carbocycles. The summed E-state index contributed by atoms with van der Waals surface area (Å²) in [6.07, 6.45) is 12.6. The van der Waals surface area contributed by atoms with Crippen molar-refractivity contribution in [2.24, 2.45) is 17.3 Å². The van der Waals surface area contributed by atoms with Gasteiger partial charge in [0.2, 0.25) is 0 Å². The zero-order chi connectivity index (χ0) is 18.0. The first-order chi connectivity index (χ1) is 11.1. The Balaban J connectivity index is 2.12. The van der Waals surface area contributed by atoms with Gasteiger partial charge >= 0.3 is 0 Å². The van der Waals surface area contributed by atoms with Crippen molar-refractivity contribution in [3.05, 3.63) is 0 Å². The van der Waals surface area contributed by atoms with Crippen LogP contribution in [0, 0.1) is 17.3 Å². The second kappa shape index (κ2) is 7.61. The highest BCUT2D eigenvalue weighted by atomic mass is 28.4. The number of carbonyl (C=O) groups is 1. The number of hydrogen-bond donors (Lipinski definition) is 0. The third kappa shape index (κ3) is 4.15.